The lowest BCUT2D eigenvalue weighted by Gasteiger charge is -2.16. The maximum atomic E-state index is 9.57. The van der Waals surface area contributed by atoms with E-state index in [-0.39, 0.29) is 0 Å². The van der Waals surface area contributed by atoms with Crippen LogP contribution in [0, 0.1) is 0 Å². The summed E-state index contributed by atoms with van der Waals surface area (Å²) in [6.45, 7) is 3.33. The zero-order valence-electron chi connectivity index (χ0n) is 6.81. The predicted molar refractivity (Wildman–Crippen MR) is 52.2 cm³/mol. The van der Waals surface area contributed by atoms with Crippen LogP contribution in [0.25, 0.3) is 0 Å². The van der Waals surface area contributed by atoms with Gasteiger partial charge in [0.15, 0.2) is 0 Å². The van der Waals surface area contributed by atoms with Crippen molar-refractivity contribution in [1.29, 1.82) is 0 Å². The molecule has 2 nitrogen and oxygen atoms in total. The van der Waals surface area contributed by atoms with Crippen LogP contribution in [0.1, 0.15) is 19.5 Å². The van der Waals surface area contributed by atoms with Gasteiger partial charge in [-0.1, -0.05) is 11.6 Å². The monoisotopic (exact) mass is 249 g/mol. The molecule has 1 rings (SSSR count). The quantitative estimate of drug-likeness (QED) is 0.778. The van der Waals surface area contributed by atoms with E-state index in [0.29, 0.717) is 10.8 Å². The molecule has 0 saturated carbocycles. The highest BCUT2D eigenvalue weighted by atomic mass is 79.9. The topological polar surface area (TPSA) is 33.1 Å². The summed E-state index contributed by atoms with van der Waals surface area (Å²) in [4.78, 5) is 4.01. The van der Waals surface area contributed by atoms with Crippen molar-refractivity contribution >= 4 is 27.5 Å². The lowest BCUT2D eigenvalue weighted by molar-refractivity contribution is 0.0738. The molecule has 66 valence electrons. The number of aromatic nitrogens is 1. The van der Waals surface area contributed by atoms with Gasteiger partial charge < -0.3 is 5.11 Å². The standard InChI is InChI=1S/C8H9BrClNO/c1-8(2,12)6-4-3-5(9)7(10)11-6/h3-4,12H,1-2H3. The van der Waals surface area contributed by atoms with Crippen molar-refractivity contribution in [3.05, 3.63) is 27.5 Å². The van der Waals surface area contributed by atoms with E-state index in [4.69, 9.17) is 11.6 Å². The Hall–Kier alpha value is -0.120. The molecule has 0 aliphatic rings. The lowest BCUT2D eigenvalue weighted by atomic mass is 10.1. The number of pyridine rings is 1. The fraction of sp³-hybridized carbons (Fsp3) is 0.375. The Balaban J connectivity index is 3.14. The molecule has 0 aliphatic carbocycles. The zero-order chi connectivity index (χ0) is 9.35. The van der Waals surface area contributed by atoms with Crippen molar-refractivity contribution in [3.8, 4) is 0 Å². The third-order valence-electron chi connectivity index (χ3n) is 1.43. The number of aliphatic hydroxyl groups is 1. The normalized spacial score (nSPS) is 11.8. The van der Waals surface area contributed by atoms with Crippen LogP contribution < -0.4 is 0 Å². The van der Waals surface area contributed by atoms with Crippen molar-refractivity contribution in [1.82, 2.24) is 4.98 Å². The van der Waals surface area contributed by atoms with Crippen LogP contribution >= 0.6 is 27.5 Å². The minimum atomic E-state index is -0.940. The van der Waals surface area contributed by atoms with Crippen LogP contribution in [-0.4, -0.2) is 10.1 Å². The predicted octanol–water partition coefficient (Wildman–Crippen LogP) is 2.72. The van der Waals surface area contributed by atoms with E-state index in [1.54, 1.807) is 26.0 Å². The van der Waals surface area contributed by atoms with Gasteiger partial charge in [-0.2, -0.15) is 0 Å². The molecule has 4 heteroatoms. The molecule has 0 spiro atoms. The Morgan fingerprint density at radius 3 is 2.50 bits per heavy atom. The van der Waals surface area contributed by atoms with Crippen LogP contribution in [0.3, 0.4) is 0 Å². The smallest absolute Gasteiger partial charge is 0.143 e. The van der Waals surface area contributed by atoms with Gasteiger partial charge in [-0.05, 0) is 41.9 Å². The molecular formula is C8H9BrClNO. The molecule has 1 aromatic rings. The second kappa shape index (κ2) is 3.32. The molecule has 1 heterocycles. The summed E-state index contributed by atoms with van der Waals surface area (Å²) < 4.78 is 0.733. The highest BCUT2D eigenvalue weighted by Gasteiger charge is 2.18. The van der Waals surface area contributed by atoms with E-state index in [2.05, 4.69) is 20.9 Å². The molecule has 0 saturated heterocycles. The van der Waals surface area contributed by atoms with Crippen LogP contribution in [-0.2, 0) is 5.60 Å². The van der Waals surface area contributed by atoms with E-state index in [1.807, 2.05) is 0 Å². The maximum Gasteiger partial charge on any atom is 0.143 e. The number of hydrogen-bond acceptors (Lipinski definition) is 2. The number of nitrogens with zero attached hydrogens (tertiary/aromatic N) is 1. The van der Waals surface area contributed by atoms with Crippen LogP contribution in [0.5, 0.6) is 0 Å². The Morgan fingerprint density at radius 2 is 2.08 bits per heavy atom. The van der Waals surface area contributed by atoms with Gasteiger partial charge in [-0.3, -0.25) is 0 Å². The highest BCUT2D eigenvalue weighted by molar-refractivity contribution is 9.10. The highest BCUT2D eigenvalue weighted by Crippen LogP contribution is 2.24. The van der Waals surface area contributed by atoms with E-state index in [1.165, 1.54) is 0 Å². The first kappa shape index (κ1) is 9.96. The third-order valence-corrected chi connectivity index (χ3v) is 2.59. The van der Waals surface area contributed by atoms with Crippen molar-refractivity contribution in [2.24, 2.45) is 0 Å². The Bertz CT molecular complexity index is 296. The minimum Gasteiger partial charge on any atom is -0.384 e. The average Bonchev–Trinajstić information content (AvgIpc) is 1.92. The molecule has 0 aliphatic heterocycles. The van der Waals surface area contributed by atoms with Crippen LogP contribution in [0.15, 0.2) is 16.6 Å². The third kappa shape index (κ3) is 2.19. The van der Waals surface area contributed by atoms with Gasteiger partial charge in [-0.25, -0.2) is 4.98 Å². The molecule has 0 radical (unpaired) electrons. The first-order chi connectivity index (χ1) is 5.41. The Morgan fingerprint density at radius 1 is 1.50 bits per heavy atom. The Kier molecular flexibility index (Phi) is 2.76. The molecule has 12 heavy (non-hydrogen) atoms. The second-order valence-electron chi connectivity index (χ2n) is 3.03. The molecule has 1 aromatic heterocycles. The summed E-state index contributed by atoms with van der Waals surface area (Å²) >= 11 is 8.97. The van der Waals surface area contributed by atoms with E-state index in [0.717, 1.165) is 4.47 Å². The molecular weight excluding hydrogens is 241 g/mol. The van der Waals surface area contributed by atoms with Crippen LogP contribution in [0.4, 0.5) is 0 Å². The van der Waals surface area contributed by atoms with Gasteiger partial charge in [0.25, 0.3) is 0 Å². The largest absolute Gasteiger partial charge is 0.384 e. The van der Waals surface area contributed by atoms with Crippen molar-refractivity contribution in [2.75, 3.05) is 0 Å². The average molecular weight is 251 g/mol. The molecule has 0 atom stereocenters. The maximum absolute atomic E-state index is 9.57. The summed E-state index contributed by atoms with van der Waals surface area (Å²) in [6, 6.07) is 3.50. The van der Waals surface area contributed by atoms with Gasteiger partial charge >= 0.3 is 0 Å². The molecule has 0 bridgehead atoms. The van der Waals surface area contributed by atoms with Crippen LogP contribution in [0.2, 0.25) is 5.15 Å². The first-order valence-electron chi connectivity index (χ1n) is 3.46. The lowest BCUT2D eigenvalue weighted by Crippen LogP contribution is -2.17. The molecule has 0 fully saturated rings. The van der Waals surface area contributed by atoms with Gasteiger partial charge in [0.2, 0.25) is 0 Å². The van der Waals surface area contributed by atoms with E-state index >= 15 is 0 Å². The number of hydrogen-bond donors (Lipinski definition) is 1. The molecule has 0 aromatic carbocycles. The summed E-state index contributed by atoms with van der Waals surface area (Å²) in [5.74, 6) is 0. The van der Waals surface area contributed by atoms with Gasteiger partial charge in [-0.15, -0.1) is 0 Å². The van der Waals surface area contributed by atoms with Crippen molar-refractivity contribution < 1.29 is 5.11 Å². The first-order valence-corrected chi connectivity index (χ1v) is 4.63. The summed E-state index contributed by atoms with van der Waals surface area (Å²) in [5.41, 5.74) is -0.375. The molecule has 0 unspecified atom stereocenters. The fourth-order valence-electron chi connectivity index (χ4n) is 0.758. The fourth-order valence-corrected chi connectivity index (χ4v) is 1.13. The summed E-state index contributed by atoms with van der Waals surface area (Å²) in [7, 11) is 0. The minimum absolute atomic E-state index is 0.370. The second-order valence-corrected chi connectivity index (χ2v) is 4.24. The van der Waals surface area contributed by atoms with Crippen molar-refractivity contribution in [2.45, 2.75) is 19.4 Å². The van der Waals surface area contributed by atoms with Crippen molar-refractivity contribution in [3.63, 3.8) is 0 Å². The summed E-state index contributed by atoms with van der Waals surface area (Å²) in [5, 5.41) is 9.94. The molecule has 1 N–H and O–H groups in total. The Labute approximate surface area is 84.7 Å². The van der Waals surface area contributed by atoms with E-state index in [9.17, 15) is 5.11 Å². The number of rotatable bonds is 1. The molecule has 0 amide bonds. The van der Waals surface area contributed by atoms with Gasteiger partial charge in [0.1, 0.15) is 10.8 Å². The van der Waals surface area contributed by atoms with Gasteiger partial charge in [0, 0.05) is 0 Å². The SMILES string of the molecule is CC(C)(O)c1ccc(Br)c(Cl)n1. The zero-order valence-corrected chi connectivity index (χ0v) is 9.15. The van der Waals surface area contributed by atoms with E-state index < -0.39 is 5.60 Å². The number of halogens is 2. The van der Waals surface area contributed by atoms with Gasteiger partial charge in [0.05, 0.1) is 10.2 Å². The summed E-state index contributed by atoms with van der Waals surface area (Å²) in [6.07, 6.45) is 0.